The van der Waals surface area contributed by atoms with Crippen LogP contribution in [0.15, 0.2) is 53.0 Å². The Bertz CT molecular complexity index is 552. The van der Waals surface area contributed by atoms with Crippen molar-refractivity contribution in [2.24, 2.45) is 0 Å². The van der Waals surface area contributed by atoms with Gasteiger partial charge in [-0.05, 0) is 35.2 Å². The molecular weight excluding hydrogens is 316 g/mol. The van der Waals surface area contributed by atoms with Gasteiger partial charge >= 0.3 is 0 Å². The lowest BCUT2D eigenvalue weighted by molar-refractivity contribution is 0.107. The molecule has 0 aliphatic heterocycles. The van der Waals surface area contributed by atoms with Gasteiger partial charge in [-0.15, -0.1) is 0 Å². The van der Waals surface area contributed by atoms with Gasteiger partial charge in [0.05, 0.1) is 0 Å². The first-order valence-electron chi connectivity index (χ1n) is 6.73. The SMILES string of the molecule is CC(C)c1cc(Br)ccc1OCC(O)c1ccccc1. The largest absolute Gasteiger partial charge is 0.490 e. The fourth-order valence-corrected chi connectivity index (χ4v) is 2.42. The lowest BCUT2D eigenvalue weighted by atomic mass is 10.0. The van der Waals surface area contributed by atoms with Crippen LogP contribution in [0.2, 0.25) is 0 Å². The molecule has 0 heterocycles. The third-order valence-corrected chi connectivity index (χ3v) is 3.67. The van der Waals surface area contributed by atoms with Crippen molar-refractivity contribution < 1.29 is 9.84 Å². The molecule has 0 spiro atoms. The first-order chi connectivity index (χ1) is 9.58. The van der Waals surface area contributed by atoms with Crippen molar-refractivity contribution in [2.75, 3.05) is 6.61 Å². The van der Waals surface area contributed by atoms with Gasteiger partial charge in [-0.2, -0.15) is 0 Å². The average Bonchev–Trinajstić information content (AvgIpc) is 2.46. The Morgan fingerprint density at radius 1 is 1.10 bits per heavy atom. The van der Waals surface area contributed by atoms with Crippen molar-refractivity contribution in [2.45, 2.75) is 25.9 Å². The predicted molar refractivity (Wildman–Crippen MR) is 85.1 cm³/mol. The summed E-state index contributed by atoms with van der Waals surface area (Å²) in [6.45, 7) is 4.51. The summed E-state index contributed by atoms with van der Waals surface area (Å²) in [5.74, 6) is 1.20. The summed E-state index contributed by atoms with van der Waals surface area (Å²) in [5, 5.41) is 10.1. The monoisotopic (exact) mass is 334 g/mol. The van der Waals surface area contributed by atoms with Crippen LogP contribution < -0.4 is 4.74 Å². The Kier molecular flexibility index (Phi) is 5.21. The molecule has 1 atom stereocenters. The van der Waals surface area contributed by atoms with E-state index in [0.29, 0.717) is 5.92 Å². The van der Waals surface area contributed by atoms with Crippen molar-refractivity contribution >= 4 is 15.9 Å². The Morgan fingerprint density at radius 2 is 1.80 bits per heavy atom. The first kappa shape index (κ1) is 15.1. The number of ether oxygens (including phenoxy) is 1. The van der Waals surface area contributed by atoms with E-state index in [1.165, 1.54) is 0 Å². The maximum Gasteiger partial charge on any atom is 0.122 e. The Balaban J connectivity index is 2.08. The van der Waals surface area contributed by atoms with Crippen molar-refractivity contribution in [3.63, 3.8) is 0 Å². The Labute approximate surface area is 128 Å². The highest BCUT2D eigenvalue weighted by atomic mass is 79.9. The van der Waals surface area contributed by atoms with Crippen LogP contribution in [0.1, 0.15) is 37.0 Å². The molecule has 0 radical (unpaired) electrons. The van der Waals surface area contributed by atoms with E-state index >= 15 is 0 Å². The van der Waals surface area contributed by atoms with Crippen molar-refractivity contribution in [3.05, 3.63) is 64.1 Å². The molecule has 0 aromatic heterocycles. The number of hydrogen-bond acceptors (Lipinski definition) is 2. The minimum absolute atomic E-state index is 0.255. The lowest BCUT2D eigenvalue weighted by Gasteiger charge is -2.17. The highest BCUT2D eigenvalue weighted by Crippen LogP contribution is 2.30. The van der Waals surface area contributed by atoms with E-state index < -0.39 is 6.10 Å². The smallest absolute Gasteiger partial charge is 0.122 e. The molecule has 3 heteroatoms. The average molecular weight is 335 g/mol. The minimum Gasteiger partial charge on any atom is -0.490 e. The van der Waals surface area contributed by atoms with Crippen molar-refractivity contribution in [1.29, 1.82) is 0 Å². The summed E-state index contributed by atoms with van der Waals surface area (Å²) in [4.78, 5) is 0. The summed E-state index contributed by atoms with van der Waals surface area (Å²) in [6.07, 6.45) is -0.611. The second-order valence-corrected chi connectivity index (χ2v) is 5.99. The van der Waals surface area contributed by atoms with Crippen LogP contribution in [0.25, 0.3) is 0 Å². The number of aliphatic hydroxyl groups excluding tert-OH is 1. The van der Waals surface area contributed by atoms with Crippen LogP contribution in [0.5, 0.6) is 5.75 Å². The zero-order valence-electron chi connectivity index (χ0n) is 11.7. The molecule has 0 bridgehead atoms. The third-order valence-electron chi connectivity index (χ3n) is 3.17. The molecule has 2 nitrogen and oxygen atoms in total. The maximum absolute atomic E-state index is 10.1. The van der Waals surface area contributed by atoms with Gasteiger partial charge in [-0.3, -0.25) is 0 Å². The first-order valence-corrected chi connectivity index (χ1v) is 7.52. The van der Waals surface area contributed by atoms with Crippen LogP contribution in [0.4, 0.5) is 0 Å². The summed E-state index contributed by atoms with van der Waals surface area (Å²) in [5.41, 5.74) is 2.01. The van der Waals surface area contributed by atoms with Crippen LogP contribution in [-0.2, 0) is 0 Å². The van der Waals surface area contributed by atoms with E-state index in [9.17, 15) is 5.11 Å². The highest BCUT2D eigenvalue weighted by molar-refractivity contribution is 9.10. The standard InChI is InChI=1S/C17H19BrO2/c1-12(2)15-10-14(18)8-9-17(15)20-11-16(19)13-6-4-3-5-7-13/h3-10,12,16,19H,11H2,1-2H3. The van der Waals surface area contributed by atoms with E-state index in [2.05, 4.69) is 35.8 Å². The molecule has 2 aromatic carbocycles. The van der Waals surface area contributed by atoms with Gasteiger partial charge in [0.1, 0.15) is 18.5 Å². The van der Waals surface area contributed by atoms with Gasteiger partial charge in [-0.1, -0.05) is 60.1 Å². The molecule has 106 valence electrons. The quantitative estimate of drug-likeness (QED) is 0.859. The van der Waals surface area contributed by atoms with Gasteiger partial charge in [0.15, 0.2) is 0 Å². The maximum atomic E-state index is 10.1. The van der Waals surface area contributed by atoms with Gasteiger partial charge in [0.2, 0.25) is 0 Å². The van der Waals surface area contributed by atoms with E-state index in [1.54, 1.807) is 0 Å². The third kappa shape index (κ3) is 3.84. The molecule has 2 aromatic rings. The predicted octanol–water partition coefficient (Wildman–Crippen LogP) is 4.68. The van der Waals surface area contributed by atoms with Crippen LogP contribution >= 0.6 is 15.9 Å². The van der Waals surface area contributed by atoms with Crippen LogP contribution in [0.3, 0.4) is 0 Å². The molecule has 0 fully saturated rings. The minimum atomic E-state index is -0.611. The number of rotatable bonds is 5. The molecule has 1 unspecified atom stereocenters. The summed E-state index contributed by atoms with van der Waals surface area (Å²) in [6, 6.07) is 15.5. The Morgan fingerprint density at radius 3 is 2.45 bits per heavy atom. The second kappa shape index (κ2) is 6.91. The van der Waals surface area contributed by atoms with Crippen molar-refractivity contribution in [1.82, 2.24) is 0 Å². The van der Waals surface area contributed by atoms with Gasteiger partial charge < -0.3 is 9.84 Å². The Hall–Kier alpha value is -1.32. The van der Waals surface area contributed by atoms with Crippen LogP contribution in [0, 0.1) is 0 Å². The fraction of sp³-hybridized carbons (Fsp3) is 0.294. The number of hydrogen-bond donors (Lipinski definition) is 1. The molecule has 1 N–H and O–H groups in total. The van der Waals surface area contributed by atoms with E-state index in [1.807, 2.05) is 42.5 Å². The normalized spacial score (nSPS) is 12.4. The molecule has 0 amide bonds. The van der Waals surface area contributed by atoms with Gasteiger partial charge in [0, 0.05) is 4.47 Å². The molecule has 2 rings (SSSR count). The second-order valence-electron chi connectivity index (χ2n) is 5.07. The number of halogens is 1. The van der Waals surface area contributed by atoms with Crippen molar-refractivity contribution in [3.8, 4) is 5.75 Å². The zero-order valence-corrected chi connectivity index (χ0v) is 13.3. The molecule has 0 saturated carbocycles. The van der Waals surface area contributed by atoms with E-state index in [0.717, 1.165) is 21.3 Å². The fourth-order valence-electron chi connectivity index (χ4n) is 2.04. The van der Waals surface area contributed by atoms with Gasteiger partial charge in [0.25, 0.3) is 0 Å². The van der Waals surface area contributed by atoms with Crippen LogP contribution in [-0.4, -0.2) is 11.7 Å². The zero-order chi connectivity index (χ0) is 14.5. The molecular formula is C17H19BrO2. The van der Waals surface area contributed by atoms with E-state index in [-0.39, 0.29) is 6.61 Å². The number of aliphatic hydroxyl groups is 1. The number of benzene rings is 2. The lowest BCUT2D eigenvalue weighted by Crippen LogP contribution is -2.10. The summed E-state index contributed by atoms with van der Waals surface area (Å²) in [7, 11) is 0. The summed E-state index contributed by atoms with van der Waals surface area (Å²) >= 11 is 3.48. The highest BCUT2D eigenvalue weighted by Gasteiger charge is 2.12. The topological polar surface area (TPSA) is 29.5 Å². The summed E-state index contributed by atoms with van der Waals surface area (Å²) < 4.78 is 6.84. The molecule has 0 saturated heterocycles. The van der Waals surface area contributed by atoms with E-state index in [4.69, 9.17) is 4.74 Å². The molecule has 0 aliphatic carbocycles. The molecule has 0 aliphatic rings. The molecule has 20 heavy (non-hydrogen) atoms. The van der Waals surface area contributed by atoms with Gasteiger partial charge in [-0.25, -0.2) is 0 Å².